The van der Waals surface area contributed by atoms with Crippen molar-refractivity contribution in [2.75, 3.05) is 13.2 Å². The first-order valence-corrected chi connectivity index (χ1v) is 8.47. The fraction of sp³-hybridized carbons (Fsp3) is 0.474. The number of amides is 1. The van der Waals surface area contributed by atoms with E-state index in [1.165, 1.54) is 0 Å². The maximum absolute atomic E-state index is 12.6. The average Bonchev–Trinajstić information content (AvgIpc) is 2.91. The number of rotatable bonds is 7. The van der Waals surface area contributed by atoms with Gasteiger partial charge in [0.1, 0.15) is 5.82 Å². The molecule has 0 saturated heterocycles. The van der Waals surface area contributed by atoms with Gasteiger partial charge in [0, 0.05) is 29.5 Å². The minimum Gasteiger partial charge on any atom is -0.396 e. The molecule has 2 rings (SSSR count). The fourth-order valence-electron chi connectivity index (χ4n) is 2.97. The summed E-state index contributed by atoms with van der Waals surface area (Å²) in [6.45, 7) is 8.53. The molecular weight excluding hydrogens is 302 g/mol. The van der Waals surface area contributed by atoms with Gasteiger partial charge in [0.05, 0.1) is 12.2 Å². The van der Waals surface area contributed by atoms with Gasteiger partial charge in [-0.25, -0.2) is 4.98 Å². The highest BCUT2D eigenvalue weighted by molar-refractivity contribution is 5.95. The average molecular weight is 329 g/mol. The summed E-state index contributed by atoms with van der Waals surface area (Å²) in [5.41, 5.74) is 2.24. The van der Waals surface area contributed by atoms with Crippen molar-refractivity contribution in [3.05, 3.63) is 47.4 Å². The predicted octanol–water partition coefficient (Wildman–Crippen LogP) is 3.02. The molecular formula is C19H27N3O2. The second-order valence-corrected chi connectivity index (χ2v) is 6.36. The molecule has 0 atom stereocenters. The minimum absolute atomic E-state index is 0.0766. The number of hydrogen-bond acceptors (Lipinski definition) is 3. The summed E-state index contributed by atoms with van der Waals surface area (Å²) in [6, 6.07) is 7.61. The van der Waals surface area contributed by atoms with Gasteiger partial charge in [0.2, 0.25) is 0 Å². The largest absolute Gasteiger partial charge is 0.396 e. The highest BCUT2D eigenvalue weighted by Gasteiger charge is 2.27. The molecule has 5 nitrogen and oxygen atoms in total. The van der Waals surface area contributed by atoms with Gasteiger partial charge in [-0.1, -0.05) is 19.9 Å². The molecule has 5 heteroatoms. The van der Waals surface area contributed by atoms with Crippen LogP contribution in [0.1, 0.15) is 48.4 Å². The third kappa shape index (κ3) is 3.51. The minimum atomic E-state index is -0.248. The summed E-state index contributed by atoms with van der Waals surface area (Å²) >= 11 is 0. The van der Waals surface area contributed by atoms with Crippen LogP contribution in [0.5, 0.6) is 0 Å². The molecule has 0 unspecified atom stereocenters. The third-order valence-electron chi connectivity index (χ3n) is 5.01. The molecule has 2 aromatic rings. The van der Waals surface area contributed by atoms with Crippen molar-refractivity contribution >= 4 is 5.91 Å². The normalized spacial score (nSPS) is 11.5. The van der Waals surface area contributed by atoms with Crippen LogP contribution in [0.25, 0.3) is 5.82 Å². The zero-order chi connectivity index (χ0) is 17.7. The number of nitrogens with one attached hydrogen (secondary N) is 1. The monoisotopic (exact) mass is 329 g/mol. The van der Waals surface area contributed by atoms with Crippen molar-refractivity contribution in [2.45, 2.75) is 40.5 Å². The smallest absolute Gasteiger partial charge is 0.253 e. The second kappa shape index (κ2) is 7.62. The summed E-state index contributed by atoms with van der Waals surface area (Å²) in [5, 5.41) is 12.6. The van der Waals surface area contributed by atoms with E-state index in [0.29, 0.717) is 12.1 Å². The van der Waals surface area contributed by atoms with Gasteiger partial charge < -0.3 is 15.0 Å². The Morgan fingerprint density at radius 2 is 2.00 bits per heavy atom. The van der Waals surface area contributed by atoms with Crippen LogP contribution in [0.4, 0.5) is 0 Å². The van der Waals surface area contributed by atoms with E-state index in [1.807, 2.05) is 56.5 Å². The summed E-state index contributed by atoms with van der Waals surface area (Å²) in [6.07, 6.45) is 3.40. The van der Waals surface area contributed by atoms with Crippen molar-refractivity contribution in [1.29, 1.82) is 0 Å². The Hall–Kier alpha value is -2.14. The first-order chi connectivity index (χ1) is 11.5. The van der Waals surface area contributed by atoms with Gasteiger partial charge in [0.15, 0.2) is 0 Å². The molecule has 1 amide bonds. The van der Waals surface area contributed by atoms with E-state index >= 15 is 0 Å². The topological polar surface area (TPSA) is 67.2 Å². The van der Waals surface area contributed by atoms with Gasteiger partial charge in [0.25, 0.3) is 5.91 Å². The van der Waals surface area contributed by atoms with E-state index in [2.05, 4.69) is 10.3 Å². The maximum atomic E-state index is 12.6. The number of carbonyl (C=O) groups excluding carboxylic acids is 1. The number of nitrogens with zero attached hydrogens (tertiary/aromatic N) is 2. The Bertz CT molecular complexity index is 680. The molecule has 0 fully saturated rings. The van der Waals surface area contributed by atoms with Crippen LogP contribution in [0, 0.1) is 19.3 Å². The zero-order valence-corrected chi connectivity index (χ0v) is 15.0. The molecule has 2 heterocycles. The van der Waals surface area contributed by atoms with E-state index in [4.69, 9.17) is 0 Å². The highest BCUT2D eigenvalue weighted by Crippen LogP contribution is 2.25. The zero-order valence-electron chi connectivity index (χ0n) is 15.0. The Kier molecular flexibility index (Phi) is 5.78. The molecule has 0 aromatic carbocycles. The molecule has 0 aliphatic heterocycles. The van der Waals surface area contributed by atoms with Crippen molar-refractivity contribution < 1.29 is 9.90 Å². The quantitative estimate of drug-likeness (QED) is 0.820. The number of aromatic nitrogens is 2. The van der Waals surface area contributed by atoms with E-state index in [0.717, 1.165) is 30.0 Å². The van der Waals surface area contributed by atoms with Crippen molar-refractivity contribution in [2.24, 2.45) is 5.41 Å². The van der Waals surface area contributed by atoms with Gasteiger partial charge in [-0.3, -0.25) is 4.79 Å². The highest BCUT2D eigenvalue weighted by atomic mass is 16.3. The molecule has 0 saturated carbocycles. The van der Waals surface area contributed by atoms with Gasteiger partial charge >= 0.3 is 0 Å². The molecule has 2 N–H and O–H groups in total. The number of pyridine rings is 1. The van der Waals surface area contributed by atoms with Crippen LogP contribution in [0.3, 0.4) is 0 Å². The van der Waals surface area contributed by atoms with E-state index in [-0.39, 0.29) is 17.9 Å². The van der Waals surface area contributed by atoms with Crippen LogP contribution in [0.2, 0.25) is 0 Å². The van der Waals surface area contributed by atoms with E-state index in [9.17, 15) is 9.90 Å². The first-order valence-electron chi connectivity index (χ1n) is 8.47. The Balaban J connectivity index is 2.23. The van der Waals surface area contributed by atoms with Crippen molar-refractivity contribution in [3.8, 4) is 5.82 Å². The summed E-state index contributed by atoms with van der Waals surface area (Å²) in [7, 11) is 0. The lowest BCUT2D eigenvalue weighted by atomic mass is 9.83. The van der Waals surface area contributed by atoms with E-state index in [1.54, 1.807) is 6.20 Å². The number of aliphatic hydroxyl groups excluding tert-OH is 1. The van der Waals surface area contributed by atoms with Gasteiger partial charge in [-0.15, -0.1) is 0 Å². The summed E-state index contributed by atoms with van der Waals surface area (Å²) in [5.74, 6) is 0.698. The molecule has 0 aliphatic rings. The van der Waals surface area contributed by atoms with Crippen LogP contribution in [-0.4, -0.2) is 33.7 Å². The number of carbonyl (C=O) groups is 1. The molecule has 0 bridgehead atoms. The molecule has 0 radical (unpaired) electrons. The summed E-state index contributed by atoms with van der Waals surface area (Å²) in [4.78, 5) is 17.0. The molecule has 0 aliphatic carbocycles. The standard InChI is InChI=1S/C19H27N3O2/c1-5-19(6-2,13-23)12-21-18(24)16-11-14(3)22(15(16)4)17-9-7-8-10-20-17/h7-11,23H,5-6,12-13H2,1-4H3,(H,21,24). The molecule has 0 spiro atoms. The lowest BCUT2D eigenvalue weighted by molar-refractivity contribution is 0.0850. The number of hydrogen-bond donors (Lipinski definition) is 2. The Morgan fingerprint density at radius 1 is 1.29 bits per heavy atom. The lowest BCUT2D eigenvalue weighted by Crippen LogP contribution is -2.39. The van der Waals surface area contributed by atoms with Crippen LogP contribution >= 0.6 is 0 Å². The van der Waals surface area contributed by atoms with Crippen LogP contribution in [0.15, 0.2) is 30.5 Å². The first kappa shape index (κ1) is 18.2. The SMILES string of the molecule is CCC(CC)(CO)CNC(=O)c1cc(C)n(-c2ccccn2)c1C. The summed E-state index contributed by atoms with van der Waals surface area (Å²) < 4.78 is 1.98. The molecule has 24 heavy (non-hydrogen) atoms. The molecule has 2 aromatic heterocycles. The third-order valence-corrected chi connectivity index (χ3v) is 5.01. The van der Waals surface area contributed by atoms with Gasteiger partial charge in [-0.2, -0.15) is 0 Å². The second-order valence-electron chi connectivity index (χ2n) is 6.36. The van der Waals surface area contributed by atoms with Gasteiger partial charge in [-0.05, 0) is 44.9 Å². The number of aryl methyl sites for hydroxylation is 1. The van der Waals surface area contributed by atoms with Crippen LogP contribution in [-0.2, 0) is 0 Å². The van der Waals surface area contributed by atoms with Crippen molar-refractivity contribution in [1.82, 2.24) is 14.9 Å². The number of aliphatic hydroxyl groups is 1. The predicted molar refractivity (Wildman–Crippen MR) is 95.5 cm³/mol. The molecule has 130 valence electrons. The maximum Gasteiger partial charge on any atom is 0.253 e. The Morgan fingerprint density at radius 3 is 2.54 bits per heavy atom. The van der Waals surface area contributed by atoms with Crippen LogP contribution < -0.4 is 5.32 Å². The lowest BCUT2D eigenvalue weighted by Gasteiger charge is -2.29. The van der Waals surface area contributed by atoms with E-state index < -0.39 is 0 Å². The fourth-order valence-corrected chi connectivity index (χ4v) is 2.97. The Labute approximate surface area is 143 Å². The van der Waals surface area contributed by atoms with Crippen molar-refractivity contribution in [3.63, 3.8) is 0 Å².